The molecule has 0 saturated heterocycles. The van der Waals surface area contributed by atoms with Crippen LogP contribution < -0.4 is 0 Å². The Kier molecular flexibility index (Phi) is 4.86. The van der Waals surface area contributed by atoms with E-state index in [1.54, 1.807) is 36.4 Å². The Morgan fingerprint density at radius 3 is 1.88 bits per heavy atom. The maximum absolute atomic E-state index is 9.07. The van der Waals surface area contributed by atoms with Gasteiger partial charge in [-0.15, -0.1) is 0 Å². The van der Waals surface area contributed by atoms with E-state index < -0.39 is 0 Å². The Labute approximate surface area is 103 Å². The third-order valence-electron chi connectivity index (χ3n) is 2.00. The fourth-order valence-electron chi connectivity index (χ4n) is 1.02. The quantitative estimate of drug-likeness (QED) is 0.770. The van der Waals surface area contributed by atoms with Crippen LogP contribution in [-0.2, 0) is 0 Å². The van der Waals surface area contributed by atoms with Gasteiger partial charge in [-0.25, -0.2) is 0 Å². The first-order valence-electron chi connectivity index (χ1n) is 4.79. The van der Waals surface area contributed by atoms with Crippen LogP contribution >= 0.6 is 15.9 Å². The van der Waals surface area contributed by atoms with Crippen LogP contribution in [0.15, 0.2) is 53.0 Å². The lowest BCUT2D eigenvalue weighted by Crippen LogP contribution is -1.74. The summed E-state index contributed by atoms with van der Waals surface area (Å²) in [4.78, 5) is 0. The van der Waals surface area contributed by atoms with Gasteiger partial charge in [0.25, 0.3) is 0 Å². The van der Waals surface area contributed by atoms with Gasteiger partial charge in [0.2, 0.25) is 0 Å². The van der Waals surface area contributed by atoms with Crippen LogP contribution in [0.25, 0.3) is 0 Å². The van der Waals surface area contributed by atoms with Gasteiger partial charge in [-0.2, -0.15) is 0 Å². The van der Waals surface area contributed by atoms with Crippen molar-refractivity contribution in [2.75, 3.05) is 0 Å². The van der Waals surface area contributed by atoms with E-state index in [9.17, 15) is 0 Å². The predicted molar refractivity (Wildman–Crippen MR) is 68.7 cm³/mol. The molecule has 0 radical (unpaired) electrons. The Morgan fingerprint density at radius 2 is 1.50 bits per heavy atom. The number of hydrogen-bond donors (Lipinski definition) is 2. The summed E-state index contributed by atoms with van der Waals surface area (Å²) >= 11 is 3.29. The van der Waals surface area contributed by atoms with Crippen molar-refractivity contribution in [3.8, 4) is 11.5 Å². The largest absolute Gasteiger partial charge is 0.508 e. The summed E-state index contributed by atoms with van der Waals surface area (Å²) in [6.45, 7) is 1.86. The van der Waals surface area contributed by atoms with E-state index in [4.69, 9.17) is 10.2 Å². The number of para-hydroxylation sites is 1. The minimum absolute atomic E-state index is 0.322. The summed E-state index contributed by atoms with van der Waals surface area (Å²) in [5.74, 6) is 0.659. The first-order chi connectivity index (χ1) is 7.61. The van der Waals surface area contributed by atoms with Crippen molar-refractivity contribution in [3.05, 3.63) is 58.6 Å². The van der Waals surface area contributed by atoms with Gasteiger partial charge >= 0.3 is 0 Å². The number of hydrogen-bond acceptors (Lipinski definition) is 2. The summed E-state index contributed by atoms with van der Waals surface area (Å²) in [5.41, 5.74) is 0.887. The number of phenolic OH excluding ortho intramolecular Hbond substituents is 2. The minimum Gasteiger partial charge on any atom is -0.508 e. The van der Waals surface area contributed by atoms with E-state index in [1.807, 2.05) is 19.1 Å². The summed E-state index contributed by atoms with van der Waals surface area (Å²) in [6.07, 6.45) is 0. The molecule has 0 saturated carbocycles. The average Bonchev–Trinajstić information content (AvgIpc) is 2.28. The van der Waals surface area contributed by atoms with Crippen molar-refractivity contribution < 1.29 is 10.2 Å². The second-order valence-electron chi connectivity index (χ2n) is 3.22. The molecule has 0 bridgehead atoms. The standard InChI is InChI=1S/C7H7BrO.C6H6O/c1-5-6(8)3-2-4-7(5)9;7-6-4-2-1-3-5-6/h2-4,9H,1H3;1-5,7H. The molecule has 0 unspecified atom stereocenters. The smallest absolute Gasteiger partial charge is 0.119 e. The molecule has 0 aromatic heterocycles. The maximum Gasteiger partial charge on any atom is 0.119 e. The van der Waals surface area contributed by atoms with Gasteiger partial charge in [-0.3, -0.25) is 0 Å². The van der Waals surface area contributed by atoms with E-state index in [1.165, 1.54) is 0 Å². The van der Waals surface area contributed by atoms with E-state index in [0.717, 1.165) is 10.0 Å². The molecule has 2 aromatic rings. The molecular weight excluding hydrogens is 268 g/mol. The molecule has 0 spiro atoms. The molecule has 3 heteroatoms. The molecule has 2 aromatic carbocycles. The highest BCUT2D eigenvalue weighted by Crippen LogP contribution is 2.23. The number of rotatable bonds is 0. The normalized spacial score (nSPS) is 9.12. The Bertz CT molecular complexity index is 421. The Morgan fingerprint density at radius 1 is 0.875 bits per heavy atom. The number of phenols is 2. The zero-order valence-corrected chi connectivity index (χ0v) is 10.5. The van der Waals surface area contributed by atoms with E-state index in [0.29, 0.717) is 11.5 Å². The molecule has 84 valence electrons. The highest BCUT2D eigenvalue weighted by Gasteiger charge is 1.96. The van der Waals surface area contributed by atoms with Gasteiger partial charge in [0.15, 0.2) is 0 Å². The van der Waals surface area contributed by atoms with Crippen LogP contribution in [0.2, 0.25) is 0 Å². The van der Waals surface area contributed by atoms with Crippen molar-refractivity contribution in [1.29, 1.82) is 0 Å². The Balaban J connectivity index is 0.000000165. The first kappa shape index (κ1) is 12.6. The zero-order chi connectivity index (χ0) is 12.0. The minimum atomic E-state index is 0.322. The van der Waals surface area contributed by atoms with Crippen molar-refractivity contribution in [2.24, 2.45) is 0 Å². The van der Waals surface area contributed by atoms with Gasteiger partial charge in [0, 0.05) is 10.0 Å². The Hall–Kier alpha value is -1.48. The molecule has 2 nitrogen and oxygen atoms in total. The molecule has 0 amide bonds. The summed E-state index contributed by atoms with van der Waals surface area (Å²) in [6, 6.07) is 14.1. The van der Waals surface area contributed by atoms with Gasteiger partial charge in [-0.05, 0) is 31.2 Å². The maximum atomic E-state index is 9.07. The third-order valence-corrected chi connectivity index (χ3v) is 2.85. The molecule has 2 rings (SSSR count). The molecule has 0 aliphatic carbocycles. The fraction of sp³-hybridized carbons (Fsp3) is 0.0769. The monoisotopic (exact) mass is 280 g/mol. The van der Waals surface area contributed by atoms with E-state index >= 15 is 0 Å². The SMILES string of the molecule is Cc1c(O)cccc1Br.Oc1ccccc1. The lowest BCUT2D eigenvalue weighted by molar-refractivity contribution is 0.470. The van der Waals surface area contributed by atoms with Crippen LogP contribution in [0.1, 0.15) is 5.56 Å². The second-order valence-corrected chi connectivity index (χ2v) is 4.07. The summed E-state index contributed by atoms with van der Waals surface area (Å²) < 4.78 is 0.947. The molecule has 16 heavy (non-hydrogen) atoms. The van der Waals surface area contributed by atoms with Gasteiger partial charge in [-0.1, -0.05) is 40.2 Å². The van der Waals surface area contributed by atoms with Crippen molar-refractivity contribution in [2.45, 2.75) is 6.92 Å². The highest BCUT2D eigenvalue weighted by atomic mass is 79.9. The summed E-state index contributed by atoms with van der Waals surface area (Å²) in [7, 11) is 0. The van der Waals surface area contributed by atoms with E-state index in [-0.39, 0.29) is 0 Å². The molecule has 0 aliphatic heterocycles. The van der Waals surface area contributed by atoms with Crippen LogP contribution in [-0.4, -0.2) is 10.2 Å². The zero-order valence-electron chi connectivity index (χ0n) is 8.89. The molecule has 0 fully saturated rings. The molecular formula is C13H13BrO2. The van der Waals surface area contributed by atoms with Gasteiger partial charge in [0.1, 0.15) is 11.5 Å². The van der Waals surface area contributed by atoms with Crippen molar-refractivity contribution >= 4 is 15.9 Å². The number of halogens is 1. The predicted octanol–water partition coefficient (Wildman–Crippen LogP) is 3.86. The second kappa shape index (κ2) is 6.18. The van der Waals surface area contributed by atoms with E-state index in [2.05, 4.69) is 15.9 Å². The lowest BCUT2D eigenvalue weighted by atomic mass is 10.2. The molecule has 0 aliphatic rings. The molecule has 0 heterocycles. The first-order valence-corrected chi connectivity index (χ1v) is 5.58. The van der Waals surface area contributed by atoms with Crippen LogP contribution in [0, 0.1) is 6.92 Å². The highest BCUT2D eigenvalue weighted by molar-refractivity contribution is 9.10. The fourth-order valence-corrected chi connectivity index (χ4v) is 1.38. The molecule has 2 N–H and O–H groups in total. The third kappa shape index (κ3) is 3.95. The topological polar surface area (TPSA) is 40.5 Å². The van der Waals surface area contributed by atoms with Gasteiger partial charge < -0.3 is 10.2 Å². The number of benzene rings is 2. The van der Waals surface area contributed by atoms with Crippen LogP contribution in [0.5, 0.6) is 11.5 Å². The van der Waals surface area contributed by atoms with Crippen molar-refractivity contribution in [3.63, 3.8) is 0 Å². The lowest BCUT2D eigenvalue weighted by Gasteiger charge is -1.97. The van der Waals surface area contributed by atoms with Crippen LogP contribution in [0.4, 0.5) is 0 Å². The average molecular weight is 281 g/mol. The molecule has 0 atom stereocenters. The van der Waals surface area contributed by atoms with Crippen molar-refractivity contribution in [1.82, 2.24) is 0 Å². The number of aromatic hydroxyl groups is 2. The van der Waals surface area contributed by atoms with Crippen LogP contribution in [0.3, 0.4) is 0 Å². The summed E-state index contributed by atoms with van der Waals surface area (Å²) in [5, 5.41) is 17.7. The van der Waals surface area contributed by atoms with Gasteiger partial charge in [0.05, 0.1) is 0 Å².